The molecular weight excluding hydrogens is 324 g/mol. The van der Waals surface area contributed by atoms with Crippen molar-refractivity contribution in [1.29, 1.82) is 0 Å². The number of hydrogen-bond acceptors (Lipinski definition) is 6. The Bertz CT molecular complexity index is 758. The minimum Gasteiger partial charge on any atom is -0.366 e. The number of tetrazole rings is 1. The third kappa shape index (κ3) is 1.94. The van der Waals surface area contributed by atoms with Gasteiger partial charge in [-0.05, 0) is 51.3 Å². The molecule has 8 nitrogen and oxygen atoms in total. The van der Waals surface area contributed by atoms with Gasteiger partial charge >= 0.3 is 0 Å². The quantitative estimate of drug-likeness (QED) is 0.768. The van der Waals surface area contributed by atoms with Crippen LogP contribution >= 0.6 is 15.9 Å². The molecule has 0 amide bonds. The summed E-state index contributed by atoms with van der Waals surface area (Å²) in [5, 5.41) is 23.2. The topological polar surface area (TPSA) is 85.8 Å². The van der Waals surface area contributed by atoms with Gasteiger partial charge in [-0.15, -0.1) is 14.8 Å². The van der Waals surface area contributed by atoms with Gasteiger partial charge in [-0.1, -0.05) is 0 Å². The van der Waals surface area contributed by atoms with Crippen LogP contribution in [0.4, 0.5) is 5.82 Å². The molecule has 0 bridgehead atoms. The van der Waals surface area contributed by atoms with E-state index in [0.29, 0.717) is 5.65 Å². The minimum absolute atomic E-state index is 0.0588. The SMILES string of the molecule is Brc1cnn(C2(CNc3ccc4nnnn4n3)CC2)c1. The number of nitrogens with one attached hydrogen (secondary N) is 1. The van der Waals surface area contributed by atoms with Crippen LogP contribution in [-0.2, 0) is 5.54 Å². The molecule has 3 heterocycles. The number of anilines is 1. The second-order valence-electron chi connectivity index (χ2n) is 4.93. The summed E-state index contributed by atoms with van der Waals surface area (Å²) < 4.78 is 4.42. The zero-order valence-corrected chi connectivity index (χ0v) is 12.0. The molecule has 0 saturated heterocycles. The highest BCUT2D eigenvalue weighted by atomic mass is 79.9. The van der Waals surface area contributed by atoms with Gasteiger partial charge < -0.3 is 5.32 Å². The summed E-state index contributed by atoms with van der Waals surface area (Å²) in [4.78, 5) is 0. The van der Waals surface area contributed by atoms with Crippen molar-refractivity contribution in [3.63, 3.8) is 0 Å². The molecule has 3 aromatic rings. The summed E-state index contributed by atoms with van der Waals surface area (Å²) >= 11 is 3.43. The van der Waals surface area contributed by atoms with E-state index in [1.807, 2.05) is 29.2 Å². The molecule has 102 valence electrons. The van der Waals surface area contributed by atoms with Crippen molar-refractivity contribution < 1.29 is 0 Å². The lowest BCUT2D eigenvalue weighted by Gasteiger charge is -2.16. The van der Waals surface area contributed by atoms with Gasteiger partial charge in [0.25, 0.3) is 0 Å². The van der Waals surface area contributed by atoms with Gasteiger partial charge in [0.1, 0.15) is 5.82 Å². The van der Waals surface area contributed by atoms with Crippen LogP contribution in [0.3, 0.4) is 0 Å². The smallest absolute Gasteiger partial charge is 0.200 e. The molecule has 0 aliphatic heterocycles. The first kappa shape index (κ1) is 11.8. The number of hydrogen-bond donors (Lipinski definition) is 1. The Morgan fingerprint density at radius 3 is 3.00 bits per heavy atom. The van der Waals surface area contributed by atoms with Gasteiger partial charge in [-0.2, -0.15) is 5.10 Å². The maximum atomic E-state index is 4.38. The monoisotopic (exact) mass is 334 g/mol. The van der Waals surface area contributed by atoms with Gasteiger partial charge in [-0.25, -0.2) is 0 Å². The molecule has 0 aromatic carbocycles. The van der Waals surface area contributed by atoms with Crippen LogP contribution in [0.15, 0.2) is 29.0 Å². The van der Waals surface area contributed by atoms with E-state index in [1.54, 1.807) is 0 Å². The summed E-state index contributed by atoms with van der Waals surface area (Å²) in [6, 6.07) is 3.71. The molecule has 4 rings (SSSR count). The molecule has 0 spiro atoms. The van der Waals surface area contributed by atoms with Crippen molar-refractivity contribution in [2.75, 3.05) is 11.9 Å². The van der Waals surface area contributed by atoms with E-state index < -0.39 is 0 Å². The van der Waals surface area contributed by atoms with E-state index in [-0.39, 0.29) is 5.54 Å². The number of rotatable bonds is 4. The van der Waals surface area contributed by atoms with Crippen LogP contribution in [-0.4, -0.2) is 41.6 Å². The largest absolute Gasteiger partial charge is 0.366 e. The first-order valence-electron chi connectivity index (χ1n) is 6.25. The van der Waals surface area contributed by atoms with Crippen molar-refractivity contribution >= 4 is 27.4 Å². The average Bonchev–Trinajstić information content (AvgIpc) is 2.89. The molecule has 1 aliphatic rings. The van der Waals surface area contributed by atoms with Gasteiger partial charge in [0, 0.05) is 12.7 Å². The predicted molar refractivity (Wildman–Crippen MR) is 74.2 cm³/mol. The first-order chi connectivity index (χ1) is 9.75. The van der Waals surface area contributed by atoms with Gasteiger partial charge in [0.05, 0.1) is 16.2 Å². The van der Waals surface area contributed by atoms with E-state index in [9.17, 15) is 0 Å². The highest BCUT2D eigenvalue weighted by Gasteiger charge is 2.45. The maximum Gasteiger partial charge on any atom is 0.200 e. The van der Waals surface area contributed by atoms with E-state index in [4.69, 9.17) is 0 Å². The van der Waals surface area contributed by atoms with E-state index in [2.05, 4.69) is 47.0 Å². The highest BCUT2D eigenvalue weighted by molar-refractivity contribution is 9.10. The van der Waals surface area contributed by atoms with E-state index >= 15 is 0 Å². The lowest BCUT2D eigenvalue weighted by atomic mass is 10.3. The Kier molecular flexibility index (Phi) is 2.49. The highest BCUT2D eigenvalue weighted by Crippen LogP contribution is 2.43. The number of fused-ring (bicyclic) bond motifs is 1. The Morgan fingerprint density at radius 1 is 1.35 bits per heavy atom. The third-order valence-electron chi connectivity index (χ3n) is 3.53. The fourth-order valence-electron chi connectivity index (χ4n) is 2.19. The average molecular weight is 335 g/mol. The molecule has 1 aliphatic carbocycles. The standard InChI is InChI=1S/C11H11BrN8/c12-8-5-14-19(6-8)11(3-4-11)7-13-9-1-2-10-15-17-18-20(10)16-9/h1-2,5-6H,3-4,7H2,(H,13,16). The summed E-state index contributed by atoms with van der Waals surface area (Å²) in [7, 11) is 0. The first-order valence-corrected chi connectivity index (χ1v) is 7.05. The second-order valence-corrected chi connectivity index (χ2v) is 5.84. The van der Waals surface area contributed by atoms with Crippen molar-refractivity contribution in [1.82, 2.24) is 35.0 Å². The zero-order valence-electron chi connectivity index (χ0n) is 10.4. The fraction of sp³-hybridized carbons (Fsp3) is 0.364. The van der Waals surface area contributed by atoms with Gasteiger partial charge in [0.2, 0.25) is 0 Å². The number of halogens is 1. The van der Waals surface area contributed by atoms with Crippen molar-refractivity contribution in [3.05, 3.63) is 29.0 Å². The van der Waals surface area contributed by atoms with Crippen molar-refractivity contribution in [2.24, 2.45) is 0 Å². The fourth-order valence-corrected chi connectivity index (χ4v) is 2.48. The van der Waals surface area contributed by atoms with E-state index in [1.165, 1.54) is 4.63 Å². The van der Waals surface area contributed by atoms with Crippen LogP contribution in [0, 0.1) is 0 Å². The Balaban J connectivity index is 1.52. The lowest BCUT2D eigenvalue weighted by Crippen LogP contribution is -2.27. The zero-order chi connectivity index (χ0) is 13.6. The van der Waals surface area contributed by atoms with Gasteiger partial charge in [-0.3, -0.25) is 4.68 Å². The Morgan fingerprint density at radius 2 is 2.25 bits per heavy atom. The van der Waals surface area contributed by atoms with Crippen LogP contribution in [0.25, 0.3) is 5.65 Å². The molecule has 1 fully saturated rings. The molecule has 0 atom stereocenters. The van der Waals surface area contributed by atoms with Crippen LogP contribution in [0.2, 0.25) is 0 Å². The summed E-state index contributed by atoms with van der Waals surface area (Å²) in [5.74, 6) is 0.752. The van der Waals surface area contributed by atoms with Crippen molar-refractivity contribution in [3.8, 4) is 0 Å². The normalized spacial score (nSPS) is 16.4. The number of nitrogens with zero attached hydrogens (tertiary/aromatic N) is 7. The summed E-state index contributed by atoms with van der Waals surface area (Å²) in [5.41, 5.74) is 0.691. The molecule has 0 radical (unpaired) electrons. The maximum absolute atomic E-state index is 4.38. The Hall–Kier alpha value is -2.03. The molecular formula is C11H11BrN8. The van der Waals surface area contributed by atoms with Crippen LogP contribution in [0.1, 0.15) is 12.8 Å². The molecule has 0 unspecified atom stereocenters. The van der Waals surface area contributed by atoms with E-state index in [0.717, 1.165) is 29.7 Å². The molecule has 3 aromatic heterocycles. The molecule has 1 saturated carbocycles. The lowest BCUT2D eigenvalue weighted by molar-refractivity contribution is 0.452. The summed E-state index contributed by atoms with van der Waals surface area (Å²) in [6.45, 7) is 0.780. The molecule has 20 heavy (non-hydrogen) atoms. The van der Waals surface area contributed by atoms with Crippen LogP contribution in [0.5, 0.6) is 0 Å². The molecule has 1 N–H and O–H groups in total. The van der Waals surface area contributed by atoms with Crippen molar-refractivity contribution in [2.45, 2.75) is 18.4 Å². The van der Waals surface area contributed by atoms with Gasteiger partial charge in [0.15, 0.2) is 5.65 Å². The molecule has 9 heteroatoms. The second kappa shape index (κ2) is 4.23. The number of aromatic nitrogens is 7. The third-order valence-corrected chi connectivity index (χ3v) is 3.94. The van der Waals surface area contributed by atoms with Crippen LogP contribution < -0.4 is 5.32 Å². The predicted octanol–water partition coefficient (Wildman–Crippen LogP) is 1.08. The Labute approximate surface area is 122 Å². The minimum atomic E-state index is 0.0588. The summed E-state index contributed by atoms with van der Waals surface area (Å²) in [6.07, 6.45) is 6.04.